The van der Waals surface area contributed by atoms with Crippen LogP contribution in [-0.2, 0) is 11.2 Å². The molecule has 0 spiro atoms. The van der Waals surface area contributed by atoms with E-state index >= 15 is 0 Å². The van der Waals surface area contributed by atoms with Gasteiger partial charge in [0.1, 0.15) is 12.4 Å². The first kappa shape index (κ1) is 24.4. The monoisotopic (exact) mass is 466 g/mol. The van der Waals surface area contributed by atoms with Gasteiger partial charge in [-0.1, -0.05) is 38.1 Å². The van der Waals surface area contributed by atoms with Crippen LogP contribution >= 0.6 is 0 Å². The lowest BCUT2D eigenvalue weighted by molar-refractivity contribution is 0.0317. The minimum Gasteiger partial charge on any atom is -0.462 e. The number of hydrogen-bond acceptors (Lipinski definition) is 8. The van der Waals surface area contributed by atoms with Crippen molar-refractivity contribution in [3.63, 3.8) is 0 Å². The molecule has 1 aliphatic heterocycles. The van der Waals surface area contributed by atoms with Crippen molar-refractivity contribution in [3.05, 3.63) is 41.5 Å². The Bertz CT molecular complexity index is 939. The zero-order valence-corrected chi connectivity index (χ0v) is 20.6. The molecule has 34 heavy (non-hydrogen) atoms. The van der Waals surface area contributed by atoms with Crippen LogP contribution in [0.2, 0.25) is 0 Å². The van der Waals surface area contributed by atoms with Crippen LogP contribution in [0.25, 0.3) is 0 Å². The molecule has 2 heterocycles. The third-order valence-electron chi connectivity index (χ3n) is 6.24. The van der Waals surface area contributed by atoms with E-state index in [1.165, 1.54) is 11.1 Å². The normalized spacial score (nSPS) is 17.4. The zero-order valence-electron chi connectivity index (χ0n) is 20.6. The predicted molar refractivity (Wildman–Crippen MR) is 137 cm³/mol. The molecule has 184 valence electrons. The summed E-state index contributed by atoms with van der Waals surface area (Å²) < 4.78 is 11.5. The van der Waals surface area contributed by atoms with Crippen molar-refractivity contribution < 1.29 is 9.47 Å². The summed E-state index contributed by atoms with van der Waals surface area (Å²) in [5.41, 5.74) is 6.89. The number of benzene rings is 1. The first-order valence-electron chi connectivity index (χ1n) is 12.7. The van der Waals surface area contributed by atoms with Crippen LogP contribution in [0, 0.1) is 0 Å². The van der Waals surface area contributed by atoms with Gasteiger partial charge >= 0.3 is 6.01 Å². The number of morpholine rings is 1. The quantitative estimate of drug-likeness (QED) is 0.502. The van der Waals surface area contributed by atoms with Gasteiger partial charge in [0, 0.05) is 44.4 Å². The Kier molecular flexibility index (Phi) is 9.10. The molecule has 1 aliphatic carbocycles. The van der Waals surface area contributed by atoms with Crippen LogP contribution in [0.15, 0.2) is 35.4 Å². The van der Waals surface area contributed by atoms with Gasteiger partial charge in [-0.2, -0.15) is 15.1 Å². The zero-order chi connectivity index (χ0) is 23.6. The van der Waals surface area contributed by atoms with E-state index in [1.807, 2.05) is 6.07 Å². The summed E-state index contributed by atoms with van der Waals surface area (Å²) in [4.78, 5) is 14.0. The molecule has 1 aromatic heterocycles. The summed E-state index contributed by atoms with van der Waals surface area (Å²) in [6.07, 6.45) is 5.29. The topological polar surface area (TPSA) is 75.1 Å². The molecule has 0 saturated carbocycles. The lowest BCUT2D eigenvalue weighted by Gasteiger charge is -2.26. The third kappa shape index (κ3) is 6.67. The van der Waals surface area contributed by atoms with Crippen molar-refractivity contribution in [2.75, 3.05) is 62.9 Å². The summed E-state index contributed by atoms with van der Waals surface area (Å²) in [7, 11) is 0. The second-order valence-corrected chi connectivity index (χ2v) is 8.86. The molecule has 0 radical (unpaired) electrons. The molecule has 1 fully saturated rings. The molecule has 0 atom stereocenters. The summed E-state index contributed by atoms with van der Waals surface area (Å²) in [6.45, 7) is 11.1. The molecule has 8 heteroatoms. The highest BCUT2D eigenvalue weighted by atomic mass is 16.5. The fourth-order valence-electron chi connectivity index (χ4n) is 4.51. The smallest absolute Gasteiger partial charge is 0.320 e. The van der Waals surface area contributed by atoms with Gasteiger partial charge in [0.25, 0.3) is 0 Å². The molecule has 1 N–H and O–H groups in total. The number of aryl methyl sites for hydroxylation is 1. The second kappa shape index (κ2) is 12.7. The number of rotatable bonds is 11. The highest BCUT2D eigenvalue weighted by Gasteiger charge is 2.16. The van der Waals surface area contributed by atoms with Gasteiger partial charge in [-0.05, 0) is 37.7 Å². The lowest BCUT2D eigenvalue weighted by Crippen LogP contribution is -2.38. The van der Waals surface area contributed by atoms with Crippen LogP contribution < -0.4 is 15.1 Å². The summed E-state index contributed by atoms with van der Waals surface area (Å²) >= 11 is 0. The van der Waals surface area contributed by atoms with Crippen molar-refractivity contribution in [3.8, 4) is 6.01 Å². The molecular formula is C26H38N6O2. The molecule has 1 aromatic carbocycles. The van der Waals surface area contributed by atoms with Gasteiger partial charge in [0.05, 0.1) is 18.9 Å². The van der Waals surface area contributed by atoms with Crippen molar-refractivity contribution in [2.45, 2.75) is 46.0 Å². The Balaban J connectivity index is 1.51. The van der Waals surface area contributed by atoms with Crippen LogP contribution in [0.3, 0.4) is 0 Å². The van der Waals surface area contributed by atoms with Gasteiger partial charge < -0.3 is 14.4 Å². The second-order valence-electron chi connectivity index (χ2n) is 8.86. The molecule has 2 aliphatic rings. The Morgan fingerprint density at radius 3 is 2.68 bits per heavy atom. The van der Waals surface area contributed by atoms with Crippen LogP contribution in [0.5, 0.6) is 6.01 Å². The molecular weight excluding hydrogens is 428 g/mol. The first-order valence-corrected chi connectivity index (χ1v) is 12.7. The summed E-state index contributed by atoms with van der Waals surface area (Å²) in [5.74, 6) is 1.55. The minimum atomic E-state index is 0.398. The van der Waals surface area contributed by atoms with E-state index in [1.54, 1.807) is 0 Å². The maximum atomic E-state index is 6.02. The largest absolute Gasteiger partial charge is 0.462 e. The Labute approximate surface area is 203 Å². The SMILES string of the molecule is CCCN(CCC)c1cc(N/N=C2\CCCc3ccccc32)nc(OCCN2CCOCC2)n1. The van der Waals surface area contributed by atoms with E-state index in [4.69, 9.17) is 19.6 Å². The third-order valence-corrected chi connectivity index (χ3v) is 6.24. The number of aromatic nitrogens is 2. The molecule has 2 aromatic rings. The van der Waals surface area contributed by atoms with E-state index in [0.717, 1.165) is 89.6 Å². The average molecular weight is 467 g/mol. The molecule has 0 bridgehead atoms. The van der Waals surface area contributed by atoms with Crippen molar-refractivity contribution >= 4 is 17.3 Å². The molecule has 0 unspecified atom stereocenters. The molecule has 8 nitrogen and oxygen atoms in total. The fourth-order valence-corrected chi connectivity index (χ4v) is 4.51. The van der Waals surface area contributed by atoms with Crippen LogP contribution in [-0.4, -0.2) is 73.1 Å². The number of fused-ring (bicyclic) bond motifs is 1. The van der Waals surface area contributed by atoms with Gasteiger partial charge in [-0.3, -0.25) is 10.3 Å². The van der Waals surface area contributed by atoms with E-state index in [0.29, 0.717) is 18.4 Å². The van der Waals surface area contributed by atoms with E-state index < -0.39 is 0 Å². The van der Waals surface area contributed by atoms with E-state index in [2.05, 4.69) is 58.3 Å². The maximum absolute atomic E-state index is 6.02. The molecule has 1 saturated heterocycles. The van der Waals surface area contributed by atoms with Gasteiger partial charge in [0.15, 0.2) is 5.82 Å². The highest BCUT2D eigenvalue weighted by molar-refractivity contribution is 6.03. The van der Waals surface area contributed by atoms with Crippen LogP contribution in [0.4, 0.5) is 11.6 Å². The number of anilines is 2. The highest BCUT2D eigenvalue weighted by Crippen LogP contribution is 2.23. The predicted octanol–water partition coefficient (Wildman–Crippen LogP) is 3.97. The van der Waals surface area contributed by atoms with Crippen molar-refractivity contribution in [1.29, 1.82) is 0 Å². The minimum absolute atomic E-state index is 0.398. The fraction of sp³-hybridized carbons (Fsp3) is 0.577. The van der Waals surface area contributed by atoms with Crippen molar-refractivity contribution in [2.24, 2.45) is 5.10 Å². The first-order chi connectivity index (χ1) is 16.8. The van der Waals surface area contributed by atoms with E-state index in [9.17, 15) is 0 Å². The molecule has 0 amide bonds. The standard InChI is InChI=1S/C26H38N6O2/c1-3-12-32(13-4-2)25-20-24(27-26(28-25)34-19-16-31-14-17-33-18-15-31)30-29-23-11-7-9-21-8-5-6-10-22(21)23/h5-6,8,10,20H,3-4,7,9,11-19H2,1-2H3,(H,27,28,30)/b29-23+. The average Bonchev–Trinajstić information content (AvgIpc) is 2.88. The summed E-state index contributed by atoms with van der Waals surface area (Å²) in [5, 5.41) is 4.76. The summed E-state index contributed by atoms with van der Waals surface area (Å²) in [6, 6.07) is 10.9. The van der Waals surface area contributed by atoms with Gasteiger partial charge in [-0.25, -0.2) is 0 Å². The Morgan fingerprint density at radius 1 is 1.09 bits per heavy atom. The van der Waals surface area contributed by atoms with Crippen molar-refractivity contribution in [1.82, 2.24) is 14.9 Å². The van der Waals surface area contributed by atoms with Gasteiger partial charge in [0.2, 0.25) is 0 Å². The van der Waals surface area contributed by atoms with Crippen LogP contribution in [0.1, 0.15) is 50.7 Å². The number of hydrogen-bond donors (Lipinski definition) is 1. The Hall–Kier alpha value is -2.71. The number of hydrazone groups is 1. The number of ether oxygens (including phenoxy) is 2. The Morgan fingerprint density at radius 2 is 1.88 bits per heavy atom. The lowest BCUT2D eigenvalue weighted by atomic mass is 9.90. The van der Waals surface area contributed by atoms with Gasteiger partial charge in [-0.15, -0.1) is 0 Å². The maximum Gasteiger partial charge on any atom is 0.320 e. The molecule has 4 rings (SSSR count). The number of nitrogens with one attached hydrogen (secondary N) is 1. The van der Waals surface area contributed by atoms with E-state index in [-0.39, 0.29) is 0 Å². The number of nitrogens with zero attached hydrogens (tertiary/aromatic N) is 5.